The summed E-state index contributed by atoms with van der Waals surface area (Å²) in [7, 11) is 1.62. The first-order chi connectivity index (χ1) is 16.2. The Hall–Kier alpha value is -3.91. The number of benzene rings is 3. The van der Waals surface area contributed by atoms with Crippen LogP contribution in [0, 0.1) is 0 Å². The van der Waals surface area contributed by atoms with Gasteiger partial charge in [-0.15, -0.1) is 10.2 Å². The van der Waals surface area contributed by atoms with Crippen LogP contribution < -0.4 is 4.74 Å². The fourth-order valence-electron chi connectivity index (χ4n) is 3.85. The number of rotatable bonds is 7. The summed E-state index contributed by atoms with van der Waals surface area (Å²) in [6.07, 6.45) is 0. The topological polar surface area (TPSA) is 77.3 Å². The van der Waals surface area contributed by atoms with Crippen LogP contribution >= 0.6 is 11.8 Å². The lowest BCUT2D eigenvalue weighted by molar-refractivity contribution is 0.0664. The molecule has 0 radical (unpaired) electrons. The van der Waals surface area contributed by atoms with Gasteiger partial charge in [0.1, 0.15) is 5.75 Å². The van der Waals surface area contributed by atoms with E-state index in [0.717, 1.165) is 11.3 Å². The highest BCUT2D eigenvalue weighted by atomic mass is 32.2. The van der Waals surface area contributed by atoms with Gasteiger partial charge in [0.15, 0.2) is 11.0 Å². The lowest BCUT2D eigenvalue weighted by Gasteiger charge is -2.14. The van der Waals surface area contributed by atoms with Gasteiger partial charge in [0.2, 0.25) is 0 Å². The van der Waals surface area contributed by atoms with Gasteiger partial charge in [-0.3, -0.25) is 19.1 Å². The second-order valence-electron chi connectivity index (χ2n) is 7.33. The molecule has 33 heavy (non-hydrogen) atoms. The molecule has 0 saturated carbocycles. The molecule has 0 spiro atoms. The van der Waals surface area contributed by atoms with Crippen molar-refractivity contribution in [1.29, 1.82) is 0 Å². The number of aromatic nitrogens is 3. The van der Waals surface area contributed by atoms with Crippen LogP contribution in [0.5, 0.6) is 5.75 Å². The zero-order valence-corrected chi connectivity index (χ0v) is 18.7. The maximum atomic E-state index is 12.6. The van der Waals surface area contributed by atoms with Gasteiger partial charge in [0.05, 0.1) is 23.8 Å². The largest absolute Gasteiger partial charge is 0.496 e. The molecule has 164 valence electrons. The number of thioether (sulfide) groups is 1. The minimum Gasteiger partial charge on any atom is -0.496 e. The summed E-state index contributed by atoms with van der Waals surface area (Å²) in [5.74, 6) is 1.33. The molecule has 0 unspecified atom stereocenters. The van der Waals surface area contributed by atoms with Crippen LogP contribution in [-0.4, -0.2) is 50.9 Å². The van der Waals surface area contributed by atoms with Crippen LogP contribution in [0.1, 0.15) is 20.7 Å². The van der Waals surface area contributed by atoms with E-state index in [-0.39, 0.29) is 18.4 Å². The number of carbonyl (C=O) groups is 2. The van der Waals surface area contributed by atoms with E-state index in [4.69, 9.17) is 4.74 Å². The predicted octanol–water partition coefficient (Wildman–Crippen LogP) is 4.33. The number of methoxy groups -OCH3 is 1. The first kappa shape index (κ1) is 21.0. The van der Waals surface area contributed by atoms with Crippen molar-refractivity contribution in [2.24, 2.45) is 0 Å². The van der Waals surface area contributed by atoms with Crippen molar-refractivity contribution in [2.75, 3.05) is 19.4 Å². The van der Waals surface area contributed by atoms with Gasteiger partial charge in [-0.1, -0.05) is 54.2 Å². The number of para-hydroxylation sites is 2. The third-order valence-electron chi connectivity index (χ3n) is 5.42. The molecule has 4 aromatic rings. The highest BCUT2D eigenvalue weighted by Gasteiger charge is 2.34. The summed E-state index contributed by atoms with van der Waals surface area (Å²) >= 11 is 1.44. The van der Waals surface area contributed by atoms with Crippen molar-refractivity contribution in [3.63, 3.8) is 0 Å². The Kier molecular flexibility index (Phi) is 5.66. The minimum atomic E-state index is -0.254. The van der Waals surface area contributed by atoms with E-state index in [1.165, 1.54) is 16.7 Å². The molecule has 1 aromatic heterocycles. The lowest BCUT2D eigenvalue weighted by atomic mass is 10.1. The Morgan fingerprint density at radius 1 is 0.788 bits per heavy atom. The van der Waals surface area contributed by atoms with E-state index >= 15 is 0 Å². The Morgan fingerprint density at radius 2 is 1.39 bits per heavy atom. The van der Waals surface area contributed by atoms with Crippen LogP contribution in [0.3, 0.4) is 0 Å². The molecule has 0 aliphatic carbocycles. The Balaban J connectivity index is 1.42. The smallest absolute Gasteiger partial charge is 0.261 e. The van der Waals surface area contributed by atoms with Crippen LogP contribution in [-0.2, 0) is 0 Å². The molecular formula is C25H20N4O3S. The highest BCUT2D eigenvalue weighted by Crippen LogP contribution is 2.33. The number of carbonyl (C=O) groups excluding carboxylic acids is 2. The number of hydrogen-bond acceptors (Lipinski definition) is 6. The van der Waals surface area contributed by atoms with Gasteiger partial charge in [-0.25, -0.2) is 0 Å². The van der Waals surface area contributed by atoms with E-state index in [1.54, 1.807) is 31.4 Å². The molecule has 2 amide bonds. The van der Waals surface area contributed by atoms with E-state index in [1.807, 2.05) is 59.2 Å². The van der Waals surface area contributed by atoms with Gasteiger partial charge in [0, 0.05) is 18.0 Å². The molecule has 7 nitrogen and oxygen atoms in total. The minimum absolute atomic E-state index is 0.254. The average molecular weight is 457 g/mol. The third kappa shape index (κ3) is 3.78. The molecule has 1 aliphatic rings. The second-order valence-corrected chi connectivity index (χ2v) is 8.40. The van der Waals surface area contributed by atoms with Gasteiger partial charge in [-0.2, -0.15) is 0 Å². The van der Waals surface area contributed by atoms with Crippen LogP contribution in [0.15, 0.2) is 84.0 Å². The number of ether oxygens (including phenoxy) is 1. The third-order valence-corrected chi connectivity index (χ3v) is 6.33. The van der Waals surface area contributed by atoms with Gasteiger partial charge >= 0.3 is 0 Å². The number of amides is 2. The number of imide groups is 1. The van der Waals surface area contributed by atoms with Crippen molar-refractivity contribution < 1.29 is 14.3 Å². The first-order valence-corrected chi connectivity index (χ1v) is 11.4. The zero-order chi connectivity index (χ0) is 22.8. The zero-order valence-electron chi connectivity index (χ0n) is 17.8. The molecule has 0 bridgehead atoms. The van der Waals surface area contributed by atoms with Gasteiger partial charge in [0.25, 0.3) is 11.8 Å². The predicted molar refractivity (Wildman–Crippen MR) is 126 cm³/mol. The fourth-order valence-corrected chi connectivity index (χ4v) is 4.72. The fraction of sp³-hybridized carbons (Fsp3) is 0.120. The van der Waals surface area contributed by atoms with Crippen molar-refractivity contribution in [1.82, 2.24) is 19.7 Å². The maximum Gasteiger partial charge on any atom is 0.261 e. The van der Waals surface area contributed by atoms with E-state index < -0.39 is 0 Å². The van der Waals surface area contributed by atoms with Crippen molar-refractivity contribution in [2.45, 2.75) is 5.16 Å². The van der Waals surface area contributed by atoms with E-state index in [2.05, 4.69) is 10.2 Å². The monoisotopic (exact) mass is 456 g/mol. The Bertz CT molecular complexity index is 1300. The number of hydrogen-bond donors (Lipinski definition) is 0. The summed E-state index contributed by atoms with van der Waals surface area (Å²) in [5.41, 5.74) is 2.65. The summed E-state index contributed by atoms with van der Waals surface area (Å²) in [6.45, 7) is 0.280. The standard InChI is InChI=1S/C25H20N4O3S/c1-32-21-14-8-7-13-20(21)22-26-27-25(29(22)17-9-3-2-4-10-17)33-16-15-28-23(30)18-11-5-6-12-19(18)24(28)31/h2-14H,15-16H2,1H3. The van der Waals surface area contributed by atoms with Gasteiger partial charge in [-0.05, 0) is 36.4 Å². The van der Waals surface area contributed by atoms with Crippen LogP contribution in [0.2, 0.25) is 0 Å². The Morgan fingerprint density at radius 3 is 2.06 bits per heavy atom. The molecule has 0 N–H and O–H groups in total. The summed E-state index contributed by atoms with van der Waals surface area (Å²) < 4.78 is 7.50. The molecule has 8 heteroatoms. The number of nitrogens with zero attached hydrogens (tertiary/aromatic N) is 4. The molecule has 3 aromatic carbocycles. The molecule has 1 aliphatic heterocycles. The molecule has 5 rings (SSSR count). The van der Waals surface area contributed by atoms with Crippen molar-refractivity contribution in [3.8, 4) is 22.8 Å². The summed E-state index contributed by atoms with van der Waals surface area (Å²) in [6, 6.07) is 24.4. The summed E-state index contributed by atoms with van der Waals surface area (Å²) in [5, 5.41) is 9.53. The van der Waals surface area contributed by atoms with Crippen molar-refractivity contribution >= 4 is 23.6 Å². The van der Waals surface area contributed by atoms with Crippen LogP contribution in [0.4, 0.5) is 0 Å². The van der Waals surface area contributed by atoms with Gasteiger partial charge < -0.3 is 4.74 Å². The van der Waals surface area contributed by atoms with E-state index in [9.17, 15) is 9.59 Å². The van der Waals surface area contributed by atoms with E-state index in [0.29, 0.717) is 33.6 Å². The number of fused-ring (bicyclic) bond motifs is 1. The molecule has 0 atom stereocenters. The molecule has 0 fully saturated rings. The molecular weight excluding hydrogens is 436 g/mol. The maximum absolute atomic E-state index is 12.6. The molecule has 2 heterocycles. The Labute approximate surface area is 195 Å². The normalized spacial score (nSPS) is 12.8. The highest BCUT2D eigenvalue weighted by molar-refractivity contribution is 7.99. The quantitative estimate of drug-likeness (QED) is 0.304. The first-order valence-electron chi connectivity index (χ1n) is 10.4. The van der Waals surface area contributed by atoms with Crippen LogP contribution in [0.25, 0.3) is 17.1 Å². The average Bonchev–Trinajstić information content (AvgIpc) is 3.39. The summed E-state index contributed by atoms with van der Waals surface area (Å²) in [4.78, 5) is 26.6. The SMILES string of the molecule is COc1ccccc1-c1nnc(SCCN2C(=O)c3ccccc3C2=O)n1-c1ccccc1. The lowest BCUT2D eigenvalue weighted by Crippen LogP contribution is -2.31. The van der Waals surface area contributed by atoms with Crippen molar-refractivity contribution in [3.05, 3.63) is 90.0 Å². The second kappa shape index (κ2) is 8.91. The molecule has 0 saturated heterocycles.